The first kappa shape index (κ1) is 36.4. The first-order valence-corrected chi connectivity index (χ1v) is 19.3. The predicted octanol–water partition coefficient (Wildman–Crippen LogP) is 5.21. The molecule has 2 N–H and O–H groups in total. The quantitative estimate of drug-likeness (QED) is 0.271. The highest BCUT2D eigenvalue weighted by Gasteiger charge is 2.44. The summed E-state index contributed by atoms with van der Waals surface area (Å²) in [6, 6.07) is 11.4. The minimum Gasteiger partial charge on any atom is -0.490 e. The fourth-order valence-electron chi connectivity index (χ4n) is 8.30. The lowest BCUT2D eigenvalue weighted by Gasteiger charge is -2.46. The maximum atomic E-state index is 14.0. The Balaban J connectivity index is 1.29. The van der Waals surface area contributed by atoms with Crippen molar-refractivity contribution in [3.63, 3.8) is 0 Å². The van der Waals surface area contributed by atoms with E-state index in [0.29, 0.717) is 25.4 Å². The van der Waals surface area contributed by atoms with E-state index in [0.717, 1.165) is 42.8 Å². The van der Waals surface area contributed by atoms with Gasteiger partial charge in [-0.05, 0) is 96.7 Å². The Bertz CT molecular complexity index is 1980. The fraction of sp³-hybridized carbons (Fsp3) is 0.500. The maximum absolute atomic E-state index is 14.0. The number of anilines is 1. The van der Waals surface area contributed by atoms with Gasteiger partial charge in [0.1, 0.15) is 11.3 Å². The standard InChI is InChI=1S/C38H45ClN5O7S/c1-22-31(45)12-14-32(49-3)27-10-7-25(27)18-44-20-38(15-5-6-23-16-26(39)9-11-29(23)38)21-51-33-13-8-24(17-30(33)44)34(46)42-52(48)37(22)40-35(47)28-19-43(2)41-36(28)50-4/h8-9,11-14,16-17,19,22,25,27,31-32,37,45H,5-7,10,15,18,20-21H2,1-4H3,(H,40,47)/q-1/b14-12+/t22-,25-,27+,31-,32-,37?,38-/m0/s1. The van der Waals surface area contributed by atoms with Crippen LogP contribution in [0.2, 0.25) is 5.02 Å². The average Bonchev–Trinajstić information content (AvgIpc) is 3.44. The van der Waals surface area contributed by atoms with E-state index < -0.39 is 39.8 Å². The van der Waals surface area contributed by atoms with Crippen molar-refractivity contribution in [2.45, 2.75) is 62.0 Å². The van der Waals surface area contributed by atoms with Crippen molar-refractivity contribution < 1.29 is 33.1 Å². The molecule has 1 spiro atoms. The fourth-order valence-corrected chi connectivity index (χ4v) is 9.61. The van der Waals surface area contributed by atoms with Crippen LogP contribution in [0, 0.1) is 17.8 Å². The molecule has 7 rings (SSSR count). The second-order valence-corrected chi connectivity index (χ2v) is 16.2. The predicted molar refractivity (Wildman–Crippen MR) is 197 cm³/mol. The minimum atomic E-state index is -2.30. The molecule has 2 bridgehead atoms. The van der Waals surface area contributed by atoms with E-state index in [1.54, 1.807) is 45.4 Å². The van der Waals surface area contributed by atoms with Gasteiger partial charge in [-0.3, -0.25) is 14.3 Å². The van der Waals surface area contributed by atoms with Crippen LogP contribution in [0.1, 0.15) is 64.4 Å². The molecular formula is C38H45ClN5O7S-. The van der Waals surface area contributed by atoms with Crippen LogP contribution in [-0.2, 0) is 38.4 Å². The second-order valence-electron chi connectivity index (χ2n) is 14.5. The summed E-state index contributed by atoms with van der Waals surface area (Å²) in [6.45, 7) is 3.52. The molecule has 3 aromatic rings. The van der Waals surface area contributed by atoms with Gasteiger partial charge in [-0.2, -0.15) is 10.6 Å². The maximum Gasteiger partial charge on any atom is 0.257 e. The number of aliphatic hydroxyl groups is 1. The Labute approximate surface area is 310 Å². The molecule has 3 heterocycles. The number of aryl methyl sites for hydroxylation is 2. The molecule has 7 atom stereocenters. The molecule has 1 unspecified atom stereocenters. The van der Waals surface area contributed by atoms with Crippen LogP contribution < -0.4 is 19.7 Å². The Morgan fingerprint density at radius 3 is 2.75 bits per heavy atom. The number of ether oxygens (including phenoxy) is 3. The number of aromatic nitrogens is 2. The molecule has 4 aliphatic rings. The van der Waals surface area contributed by atoms with Gasteiger partial charge in [0.15, 0.2) is 0 Å². The SMILES string of the molecule is COc1nn(C)cc1C(=O)NC1[C@@H](C)[C@@H](O)/C=C/[C@H](OC)[C@@H]2CC[C@H]2CN2C[C@@]3(CCCc4cc(Cl)ccc43)COc3ccc(cc32)C(=O)N=[S-]1=O. The molecular weight excluding hydrogens is 706 g/mol. The van der Waals surface area contributed by atoms with E-state index in [4.69, 9.17) is 25.8 Å². The number of rotatable bonds is 4. The summed E-state index contributed by atoms with van der Waals surface area (Å²) in [6.07, 6.45) is 8.39. The monoisotopic (exact) mass is 750 g/mol. The van der Waals surface area contributed by atoms with Crippen LogP contribution in [-0.4, -0.2) is 78.2 Å². The molecule has 0 radical (unpaired) electrons. The zero-order chi connectivity index (χ0) is 36.7. The van der Waals surface area contributed by atoms with E-state index >= 15 is 0 Å². The van der Waals surface area contributed by atoms with Crippen molar-refractivity contribution in [2.24, 2.45) is 29.2 Å². The number of fused-ring (bicyclic) bond motifs is 4. The van der Waals surface area contributed by atoms with Gasteiger partial charge < -0.3 is 38.1 Å². The molecule has 1 aromatic heterocycles. The van der Waals surface area contributed by atoms with Gasteiger partial charge in [-0.15, -0.1) is 5.10 Å². The summed E-state index contributed by atoms with van der Waals surface area (Å²) in [7, 11) is 2.41. The second kappa shape index (κ2) is 14.8. The largest absolute Gasteiger partial charge is 0.490 e. The zero-order valence-corrected chi connectivity index (χ0v) is 31.4. The van der Waals surface area contributed by atoms with Gasteiger partial charge >= 0.3 is 0 Å². The van der Waals surface area contributed by atoms with E-state index in [9.17, 15) is 18.9 Å². The van der Waals surface area contributed by atoms with Crippen LogP contribution in [0.15, 0.2) is 59.1 Å². The number of halogens is 1. The van der Waals surface area contributed by atoms with Crippen LogP contribution in [0.4, 0.5) is 5.69 Å². The molecule has 52 heavy (non-hydrogen) atoms. The molecule has 14 heteroatoms. The third-order valence-electron chi connectivity index (χ3n) is 11.3. The number of amides is 2. The van der Waals surface area contributed by atoms with Gasteiger partial charge in [0.05, 0.1) is 31.6 Å². The third kappa shape index (κ3) is 6.95. The third-order valence-corrected chi connectivity index (χ3v) is 12.9. The smallest absolute Gasteiger partial charge is 0.257 e. The summed E-state index contributed by atoms with van der Waals surface area (Å²) in [5.41, 5.74) is 3.32. The normalized spacial score (nSPS) is 29.8. The molecule has 2 aliphatic heterocycles. The van der Waals surface area contributed by atoms with Gasteiger partial charge in [-0.25, -0.2) is 0 Å². The Morgan fingerprint density at radius 2 is 2.00 bits per heavy atom. The summed E-state index contributed by atoms with van der Waals surface area (Å²) >= 11 is 6.44. The van der Waals surface area contributed by atoms with Crippen molar-refractivity contribution >= 4 is 39.7 Å². The number of aliphatic hydroxyl groups excluding tert-OH is 1. The first-order chi connectivity index (χ1) is 25.0. The molecule has 12 nitrogen and oxygen atoms in total. The number of carbonyl (C=O) groups excluding carboxylic acids is 2. The molecule has 278 valence electrons. The summed E-state index contributed by atoms with van der Waals surface area (Å²) in [4.78, 5) is 29.6. The van der Waals surface area contributed by atoms with Gasteiger partial charge in [0.2, 0.25) is 5.88 Å². The topological polar surface area (TPSA) is 145 Å². The highest BCUT2D eigenvalue weighted by Crippen LogP contribution is 2.47. The highest BCUT2D eigenvalue weighted by molar-refractivity contribution is 7.75. The van der Waals surface area contributed by atoms with E-state index in [2.05, 4.69) is 31.8 Å². The summed E-state index contributed by atoms with van der Waals surface area (Å²) in [5.74, 6) is -0.954. The molecule has 2 aromatic carbocycles. The lowest BCUT2D eigenvalue weighted by Crippen LogP contribution is -2.49. The Hall–Kier alpha value is -3.91. The average molecular weight is 751 g/mol. The van der Waals surface area contributed by atoms with Crippen molar-refractivity contribution in [1.82, 2.24) is 15.1 Å². The molecule has 1 fully saturated rings. The van der Waals surface area contributed by atoms with E-state index in [1.807, 2.05) is 12.1 Å². The number of benzene rings is 2. The lowest BCUT2D eigenvalue weighted by molar-refractivity contribution is 0.0123. The number of hydrogen-bond donors (Lipinski definition) is 2. The van der Waals surface area contributed by atoms with Crippen molar-refractivity contribution in [3.8, 4) is 11.6 Å². The lowest BCUT2D eigenvalue weighted by atomic mass is 9.68. The zero-order valence-electron chi connectivity index (χ0n) is 29.8. The van der Waals surface area contributed by atoms with Crippen LogP contribution >= 0.6 is 11.6 Å². The number of nitrogens with zero attached hydrogens (tertiary/aromatic N) is 4. The van der Waals surface area contributed by atoms with Gasteiger partial charge in [0, 0.05) is 49.4 Å². The van der Waals surface area contributed by atoms with E-state index in [-0.39, 0.29) is 40.4 Å². The molecule has 2 aliphatic carbocycles. The number of carbonyl (C=O) groups is 2. The number of nitrogens with one attached hydrogen (secondary N) is 1. The van der Waals surface area contributed by atoms with Gasteiger partial charge in [0.25, 0.3) is 11.8 Å². The molecule has 2 amide bonds. The highest BCUT2D eigenvalue weighted by atomic mass is 35.5. The summed E-state index contributed by atoms with van der Waals surface area (Å²) < 4.78 is 37.4. The van der Waals surface area contributed by atoms with Crippen molar-refractivity contribution in [3.05, 3.63) is 82.0 Å². The minimum absolute atomic E-state index is 0.0807. The van der Waals surface area contributed by atoms with Crippen molar-refractivity contribution in [1.29, 1.82) is 0 Å². The number of hydrogen-bond acceptors (Lipinski definition) is 10. The first-order valence-electron chi connectivity index (χ1n) is 17.8. The molecule has 1 saturated carbocycles. The van der Waals surface area contributed by atoms with E-state index in [1.165, 1.54) is 29.1 Å². The van der Waals surface area contributed by atoms with Crippen molar-refractivity contribution in [2.75, 3.05) is 38.8 Å². The Morgan fingerprint density at radius 1 is 1.17 bits per heavy atom. The van der Waals surface area contributed by atoms with Gasteiger partial charge in [-0.1, -0.05) is 36.7 Å². The van der Waals surface area contributed by atoms with Crippen LogP contribution in [0.25, 0.3) is 0 Å². The van der Waals surface area contributed by atoms with Crippen LogP contribution in [0.3, 0.4) is 0 Å². The molecule has 0 saturated heterocycles. The number of methoxy groups -OCH3 is 2. The van der Waals surface area contributed by atoms with Crippen LogP contribution in [0.5, 0.6) is 11.6 Å². The Kier molecular flexibility index (Phi) is 10.4. The summed E-state index contributed by atoms with van der Waals surface area (Å²) in [5, 5.41) is 17.7.